The highest BCUT2D eigenvalue weighted by atomic mass is 15.0. The van der Waals surface area contributed by atoms with Gasteiger partial charge in [0, 0.05) is 26.2 Å². The van der Waals surface area contributed by atoms with Gasteiger partial charge in [0.2, 0.25) is 0 Å². The molecule has 46 heavy (non-hydrogen) atoms. The molecule has 11 nitrogen and oxygen atoms in total. The van der Waals surface area contributed by atoms with Crippen molar-refractivity contribution in [2.75, 3.05) is 26.2 Å². The van der Waals surface area contributed by atoms with E-state index in [-0.39, 0.29) is 17.9 Å². The fourth-order valence-corrected chi connectivity index (χ4v) is 4.45. The third-order valence-electron chi connectivity index (χ3n) is 6.44. The zero-order valence-electron chi connectivity index (χ0n) is 26.0. The van der Waals surface area contributed by atoms with E-state index >= 15 is 0 Å². The van der Waals surface area contributed by atoms with Crippen LogP contribution in [0.4, 0.5) is 0 Å². The molecule has 0 bridgehead atoms. The second kappa shape index (κ2) is 17.9. The Morgan fingerprint density at radius 1 is 0.500 bits per heavy atom. The van der Waals surface area contributed by atoms with Crippen LogP contribution in [-0.4, -0.2) is 49.9 Å². The Morgan fingerprint density at radius 3 is 1.13 bits per heavy atom. The minimum atomic E-state index is -0.0825. The molecule has 0 unspecified atom stereocenters. The molecule has 0 spiro atoms. The lowest BCUT2D eigenvalue weighted by Crippen LogP contribution is -2.30. The van der Waals surface area contributed by atoms with Crippen LogP contribution in [0.1, 0.15) is 29.2 Å². The second-order valence-electron chi connectivity index (χ2n) is 10.4. The third-order valence-corrected chi connectivity index (χ3v) is 6.44. The maximum Gasteiger partial charge on any atom is 0.185 e. The lowest BCUT2D eigenvalue weighted by Gasteiger charge is -2.11. The summed E-state index contributed by atoms with van der Waals surface area (Å²) in [5.74, 6) is 0.170. The molecule has 0 atom stereocenters. The van der Waals surface area contributed by atoms with Crippen molar-refractivity contribution < 1.29 is 0 Å². The fourth-order valence-electron chi connectivity index (χ4n) is 4.45. The summed E-state index contributed by atoms with van der Waals surface area (Å²) < 4.78 is 0. The standard InChI is InChI=1S/C35H43N11/c1-24(36)43-13-3-7-25-17-26(8-4-14-44-33(37)38)20-31(19-25)29-11-2-12-30(23-29)32-21-27(9-5-15-45-34(39)40)18-28(22-32)10-6-16-46-35(41)42/h2-12,17-23H,13-16H2,1H3,(H2,36,43)(H4,37,38,44)(H4,39,40,45)(H4,41,42,46)/b7-3+,8-4+,9-5+,10-6+. The van der Waals surface area contributed by atoms with Gasteiger partial charge in [-0.25, -0.2) is 0 Å². The number of hydrogen-bond acceptors (Lipinski definition) is 4. The van der Waals surface area contributed by atoms with Crippen molar-refractivity contribution in [2.24, 2.45) is 17.2 Å². The Labute approximate surface area is 270 Å². The molecule has 3 aromatic rings. The van der Waals surface area contributed by atoms with Crippen LogP contribution in [0.3, 0.4) is 0 Å². The Balaban J connectivity index is 2.01. The van der Waals surface area contributed by atoms with Crippen LogP contribution in [-0.2, 0) is 0 Å². The highest BCUT2D eigenvalue weighted by Crippen LogP contribution is 2.30. The van der Waals surface area contributed by atoms with E-state index in [1.54, 1.807) is 6.92 Å². The quantitative estimate of drug-likeness (QED) is 0.0937. The molecule has 3 aromatic carbocycles. The number of hydrogen-bond donors (Lipinski definition) is 11. The molecule has 0 saturated carbocycles. The average molecular weight is 618 g/mol. The van der Waals surface area contributed by atoms with E-state index in [0.717, 1.165) is 44.5 Å². The molecule has 0 radical (unpaired) electrons. The number of benzene rings is 3. The first-order valence-corrected chi connectivity index (χ1v) is 14.7. The van der Waals surface area contributed by atoms with E-state index in [2.05, 4.69) is 75.9 Å². The highest BCUT2D eigenvalue weighted by Gasteiger charge is 2.06. The predicted octanol–water partition coefficient (Wildman–Crippen LogP) is 4.11. The van der Waals surface area contributed by atoms with Gasteiger partial charge in [0.25, 0.3) is 0 Å². The van der Waals surface area contributed by atoms with Gasteiger partial charge in [0.15, 0.2) is 17.9 Å². The summed E-state index contributed by atoms with van der Waals surface area (Å²) in [5, 5.41) is 41.1. The molecular weight excluding hydrogens is 574 g/mol. The first kappa shape index (κ1) is 34.4. The molecule has 0 aliphatic carbocycles. The monoisotopic (exact) mass is 617 g/mol. The van der Waals surface area contributed by atoms with Crippen LogP contribution in [0.2, 0.25) is 0 Å². The van der Waals surface area contributed by atoms with Gasteiger partial charge in [0.1, 0.15) is 0 Å². The van der Waals surface area contributed by atoms with Crippen LogP contribution in [0.15, 0.2) is 85.0 Å². The van der Waals surface area contributed by atoms with E-state index in [1.807, 2.05) is 54.7 Å². The lowest BCUT2D eigenvalue weighted by atomic mass is 9.94. The first-order chi connectivity index (χ1) is 22.1. The Bertz CT molecular complexity index is 1450. The van der Waals surface area contributed by atoms with Gasteiger partial charge in [0.05, 0.1) is 5.84 Å². The molecule has 0 heterocycles. The minimum absolute atomic E-state index is 0.0773. The predicted molar refractivity (Wildman–Crippen MR) is 195 cm³/mol. The molecular formula is C35H43N11. The second-order valence-corrected chi connectivity index (χ2v) is 10.4. The molecule has 238 valence electrons. The Hall–Kier alpha value is -6.10. The van der Waals surface area contributed by atoms with Crippen LogP contribution >= 0.6 is 0 Å². The topological polar surface area (TPSA) is 222 Å². The number of amidine groups is 1. The van der Waals surface area contributed by atoms with Crippen LogP contribution in [0.5, 0.6) is 0 Å². The Morgan fingerprint density at radius 2 is 0.826 bits per heavy atom. The van der Waals surface area contributed by atoms with Gasteiger partial charge >= 0.3 is 0 Å². The van der Waals surface area contributed by atoms with Crippen molar-refractivity contribution in [3.8, 4) is 22.3 Å². The molecule has 3 rings (SSSR count). The summed E-state index contributed by atoms with van der Waals surface area (Å²) in [4.78, 5) is 0. The van der Waals surface area contributed by atoms with Gasteiger partial charge in [-0.05, 0) is 93.9 Å². The summed E-state index contributed by atoms with van der Waals surface area (Å²) in [7, 11) is 0. The smallest absolute Gasteiger partial charge is 0.185 e. The molecule has 0 aromatic heterocycles. The zero-order chi connectivity index (χ0) is 33.3. The van der Waals surface area contributed by atoms with Crippen molar-refractivity contribution in [1.29, 1.82) is 21.6 Å². The summed E-state index contributed by atoms with van der Waals surface area (Å²) in [6, 6.07) is 21.0. The van der Waals surface area contributed by atoms with Crippen molar-refractivity contribution in [3.63, 3.8) is 0 Å². The molecule has 11 heteroatoms. The maximum absolute atomic E-state index is 7.59. The summed E-state index contributed by atoms with van der Waals surface area (Å²) in [6.07, 6.45) is 15.8. The van der Waals surface area contributed by atoms with E-state index < -0.39 is 0 Å². The molecule has 0 amide bonds. The number of guanidine groups is 3. The van der Waals surface area contributed by atoms with Crippen molar-refractivity contribution >= 4 is 48.0 Å². The molecule has 0 aliphatic heterocycles. The minimum Gasteiger partial charge on any atom is -0.371 e. The number of nitrogens with two attached hydrogens (primary N) is 3. The van der Waals surface area contributed by atoms with Crippen molar-refractivity contribution in [1.82, 2.24) is 21.3 Å². The highest BCUT2D eigenvalue weighted by molar-refractivity contribution is 5.80. The van der Waals surface area contributed by atoms with Gasteiger partial charge in [-0.1, -0.05) is 66.8 Å². The number of rotatable bonds is 14. The molecule has 0 fully saturated rings. The maximum atomic E-state index is 7.59. The van der Waals surface area contributed by atoms with E-state index in [0.29, 0.717) is 32.0 Å². The van der Waals surface area contributed by atoms with Gasteiger partial charge in [-0.2, -0.15) is 0 Å². The summed E-state index contributed by atoms with van der Waals surface area (Å²) >= 11 is 0. The van der Waals surface area contributed by atoms with Crippen LogP contribution < -0.4 is 38.5 Å². The van der Waals surface area contributed by atoms with Gasteiger partial charge in [-0.3, -0.25) is 21.6 Å². The molecule has 14 N–H and O–H groups in total. The lowest BCUT2D eigenvalue weighted by molar-refractivity contribution is 1.01. The van der Waals surface area contributed by atoms with Gasteiger partial charge in [-0.15, -0.1) is 0 Å². The van der Waals surface area contributed by atoms with E-state index in [9.17, 15) is 0 Å². The average Bonchev–Trinajstić information content (AvgIpc) is 3.01. The summed E-state index contributed by atoms with van der Waals surface area (Å²) in [5.41, 5.74) is 24.4. The van der Waals surface area contributed by atoms with Crippen molar-refractivity contribution in [2.45, 2.75) is 6.92 Å². The van der Waals surface area contributed by atoms with Crippen LogP contribution in [0, 0.1) is 21.6 Å². The van der Waals surface area contributed by atoms with Crippen LogP contribution in [0.25, 0.3) is 46.6 Å². The van der Waals surface area contributed by atoms with E-state index in [4.69, 9.17) is 38.8 Å². The first-order valence-electron chi connectivity index (χ1n) is 14.7. The SMILES string of the molecule is CC(=N)NC/C=C/c1cc(/C=C/CNC(=N)N)cc(-c2cccc(-c3cc(/C=C/CNC(=N)N)cc(/C=C/CNC(=N)N)c3)c2)c1. The largest absolute Gasteiger partial charge is 0.371 e. The van der Waals surface area contributed by atoms with Gasteiger partial charge < -0.3 is 38.5 Å². The summed E-state index contributed by atoms with van der Waals surface area (Å²) in [6.45, 7) is 3.58. The normalized spacial score (nSPS) is 11.3. The Kier molecular flexibility index (Phi) is 13.4. The number of nitrogens with one attached hydrogen (secondary N) is 8. The zero-order valence-corrected chi connectivity index (χ0v) is 26.0. The van der Waals surface area contributed by atoms with E-state index in [1.165, 1.54) is 0 Å². The third kappa shape index (κ3) is 12.6. The molecule has 0 aliphatic rings. The molecule has 0 saturated heterocycles. The fraction of sp³-hybridized carbons (Fsp3) is 0.143. The van der Waals surface area contributed by atoms with Crippen molar-refractivity contribution in [3.05, 3.63) is 107 Å².